The van der Waals surface area contributed by atoms with Gasteiger partial charge in [0.25, 0.3) is 0 Å². The zero-order valence-corrected chi connectivity index (χ0v) is 13.8. The Morgan fingerprint density at radius 1 is 1.40 bits per heavy atom. The smallest absolute Gasteiger partial charge is 0.197 e. The topological polar surface area (TPSA) is 34.4 Å². The summed E-state index contributed by atoms with van der Waals surface area (Å²) in [5.74, 6) is 0.829. The zero-order chi connectivity index (χ0) is 14.5. The Balaban J connectivity index is 2.20. The predicted molar refractivity (Wildman–Crippen MR) is 84.5 cm³/mol. The molecule has 5 heteroatoms. The summed E-state index contributed by atoms with van der Waals surface area (Å²) in [5, 5.41) is 3.88. The van der Waals surface area contributed by atoms with E-state index in [-0.39, 0.29) is 6.04 Å². The fraction of sp³-hybridized carbons (Fsp3) is 0.333. The third-order valence-corrected chi connectivity index (χ3v) is 4.06. The fourth-order valence-corrected chi connectivity index (χ4v) is 3.00. The Hall–Kier alpha value is -0.970. The molecular weight excluding hydrogens is 342 g/mol. The first-order valence-corrected chi connectivity index (χ1v) is 7.61. The molecule has 2 rings (SSSR count). The van der Waals surface area contributed by atoms with Crippen LogP contribution in [0, 0.1) is 0 Å². The van der Waals surface area contributed by atoms with Crippen LogP contribution in [0.4, 0.5) is 0 Å². The molecule has 1 N–H and O–H groups in total. The molecule has 0 aliphatic carbocycles. The summed E-state index contributed by atoms with van der Waals surface area (Å²) < 4.78 is 11.4. The van der Waals surface area contributed by atoms with Crippen LogP contribution in [0.1, 0.15) is 24.1 Å². The highest BCUT2D eigenvalue weighted by molar-refractivity contribution is 9.10. The fourth-order valence-electron chi connectivity index (χ4n) is 2.16. The second-order valence-corrected chi connectivity index (χ2v) is 5.63. The van der Waals surface area contributed by atoms with Gasteiger partial charge in [0.1, 0.15) is 5.75 Å². The summed E-state index contributed by atoms with van der Waals surface area (Å²) in [6, 6.07) is 8.12. The molecule has 0 radical (unpaired) electrons. The standard InChI is InChI=1S/C15H17BrClNO2/c1-3-18-13(11-6-7-20-15(11)17)9-10-4-5-14(19-2)12(16)8-10/h4-8,13,18H,3,9H2,1-2H3. The minimum absolute atomic E-state index is 0.131. The lowest BCUT2D eigenvalue weighted by Crippen LogP contribution is -2.22. The van der Waals surface area contributed by atoms with Crippen LogP contribution < -0.4 is 10.1 Å². The molecule has 108 valence electrons. The molecule has 1 atom stereocenters. The van der Waals surface area contributed by atoms with Crippen molar-refractivity contribution in [2.45, 2.75) is 19.4 Å². The van der Waals surface area contributed by atoms with Crippen LogP contribution in [0.3, 0.4) is 0 Å². The molecule has 20 heavy (non-hydrogen) atoms. The van der Waals surface area contributed by atoms with Gasteiger partial charge < -0.3 is 14.5 Å². The van der Waals surface area contributed by atoms with E-state index in [2.05, 4.69) is 40.3 Å². The minimum atomic E-state index is 0.131. The Labute approximate surface area is 132 Å². The number of benzene rings is 1. The Morgan fingerprint density at radius 3 is 2.75 bits per heavy atom. The average molecular weight is 359 g/mol. The molecular formula is C15H17BrClNO2. The van der Waals surface area contributed by atoms with Gasteiger partial charge in [-0.25, -0.2) is 0 Å². The Kier molecular flexibility index (Phi) is 5.52. The second-order valence-electron chi connectivity index (χ2n) is 4.43. The number of likely N-dealkylation sites (N-methyl/N-ethyl adjacent to an activating group) is 1. The van der Waals surface area contributed by atoms with Gasteiger partial charge in [-0.05, 0) is 64.3 Å². The molecule has 0 aliphatic heterocycles. The van der Waals surface area contributed by atoms with E-state index < -0.39 is 0 Å². The Bertz CT molecular complexity index is 571. The van der Waals surface area contributed by atoms with Gasteiger partial charge in [0, 0.05) is 11.6 Å². The molecule has 0 saturated carbocycles. The molecule has 0 bridgehead atoms. The predicted octanol–water partition coefficient (Wildman–Crippen LogP) is 4.60. The van der Waals surface area contributed by atoms with E-state index in [1.807, 2.05) is 12.1 Å². The van der Waals surface area contributed by atoms with Crippen LogP contribution in [0.2, 0.25) is 5.22 Å². The summed E-state index contributed by atoms with van der Waals surface area (Å²) in [6.45, 7) is 2.94. The van der Waals surface area contributed by atoms with Gasteiger partial charge >= 0.3 is 0 Å². The molecule has 0 fully saturated rings. The van der Waals surface area contributed by atoms with Gasteiger partial charge in [0.15, 0.2) is 5.22 Å². The van der Waals surface area contributed by atoms with Crippen LogP contribution in [0.15, 0.2) is 39.4 Å². The third-order valence-electron chi connectivity index (χ3n) is 3.13. The summed E-state index contributed by atoms with van der Waals surface area (Å²) in [5.41, 5.74) is 2.18. The van der Waals surface area contributed by atoms with E-state index in [1.54, 1.807) is 13.4 Å². The van der Waals surface area contributed by atoms with Crippen LogP contribution >= 0.6 is 27.5 Å². The molecule has 1 aromatic heterocycles. The number of hydrogen-bond donors (Lipinski definition) is 1. The summed E-state index contributed by atoms with van der Waals surface area (Å²) >= 11 is 9.59. The maximum absolute atomic E-state index is 6.08. The number of rotatable bonds is 6. The van der Waals surface area contributed by atoms with E-state index in [9.17, 15) is 0 Å². The number of nitrogens with one attached hydrogen (secondary N) is 1. The van der Waals surface area contributed by atoms with E-state index in [1.165, 1.54) is 5.56 Å². The van der Waals surface area contributed by atoms with Crippen LogP contribution in [-0.4, -0.2) is 13.7 Å². The van der Waals surface area contributed by atoms with Gasteiger partial charge in [0.05, 0.1) is 17.8 Å². The zero-order valence-electron chi connectivity index (χ0n) is 11.5. The van der Waals surface area contributed by atoms with Crippen molar-refractivity contribution >= 4 is 27.5 Å². The SMILES string of the molecule is CCNC(Cc1ccc(OC)c(Br)c1)c1ccoc1Cl. The normalized spacial score (nSPS) is 12.4. The number of furan rings is 1. The first kappa shape index (κ1) is 15.4. The lowest BCUT2D eigenvalue weighted by molar-refractivity contribution is 0.412. The summed E-state index contributed by atoms with van der Waals surface area (Å²) in [4.78, 5) is 0. The number of halogens is 2. The molecule has 0 aliphatic rings. The van der Waals surface area contributed by atoms with Crippen molar-refractivity contribution in [3.05, 3.63) is 51.3 Å². The molecule has 3 nitrogen and oxygen atoms in total. The summed E-state index contributed by atoms with van der Waals surface area (Å²) in [6.07, 6.45) is 2.45. The number of methoxy groups -OCH3 is 1. The first-order chi connectivity index (χ1) is 9.65. The molecule has 1 unspecified atom stereocenters. The lowest BCUT2D eigenvalue weighted by atomic mass is 10.0. The van der Waals surface area contributed by atoms with Gasteiger partial charge in [-0.15, -0.1) is 0 Å². The maximum Gasteiger partial charge on any atom is 0.197 e. The molecule has 0 amide bonds. The Morgan fingerprint density at radius 2 is 2.20 bits per heavy atom. The number of hydrogen-bond acceptors (Lipinski definition) is 3. The quantitative estimate of drug-likeness (QED) is 0.819. The molecule has 0 spiro atoms. The van der Waals surface area contributed by atoms with Crippen molar-refractivity contribution in [2.75, 3.05) is 13.7 Å². The monoisotopic (exact) mass is 357 g/mol. The van der Waals surface area contributed by atoms with Crippen LogP contribution in [0.25, 0.3) is 0 Å². The summed E-state index contributed by atoms with van der Waals surface area (Å²) in [7, 11) is 1.66. The van der Waals surface area contributed by atoms with Crippen molar-refractivity contribution in [1.29, 1.82) is 0 Å². The van der Waals surface area contributed by atoms with Gasteiger partial charge in [0.2, 0.25) is 0 Å². The van der Waals surface area contributed by atoms with E-state index in [4.69, 9.17) is 20.8 Å². The molecule has 0 saturated heterocycles. The average Bonchev–Trinajstić information content (AvgIpc) is 2.85. The van der Waals surface area contributed by atoms with Crippen molar-refractivity contribution in [3.8, 4) is 5.75 Å². The largest absolute Gasteiger partial charge is 0.496 e. The molecule has 1 aromatic carbocycles. The van der Waals surface area contributed by atoms with Gasteiger partial charge in [-0.1, -0.05) is 13.0 Å². The lowest BCUT2D eigenvalue weighted by Gasteiger charge is -2.17. The van der Waals surface area contributed by atoms with E-state index >= 15 is 0 Å². The number of ether oxygens (including phenoxy) is 1. The highest BCUT2D eigenvalue weighted by Gasteiger charge is 2.17. The van der Waals surface area contributed by atoms with Crippen molar-refractivity contribution < 1.29 is 9.15 Å². The van der Waals surface area contributed by atoms with Crippen molar-refractivity contribution in [2.24, 2.45) is 0 Å². The second kappa shape index (κ2) is 7.16. The van der Waals surface area contributed by atoms with Gasteiger partial charge in [-0.3, -0.25) is 0 Å². The highest BCUT2D eigenvalue weighted by Crippen LogP contribution is 2.30. The molecule has 1 heterocycles. The van der Waals surface area contributed by atoms with E-state index in [0.29, 0.717) is 5.22 Å². The third kappa shape index (κ3) is 3.57. The van der Waals surface area contributed by atoms with Crippen molar-refractivity contribution in [1.82, 2.24) is 5.32 Å². The highest BCUT2D eigenvalue weighted by atomic mass is 79.9. The molecule has 2 aromatic rings. The first-order valence-electron chi connectivity index (χ1n) is 6.44. The van der Waals surface area contributed by atoms with Crippen LogP contribution in [0.5, 0.6) is 5.75 Å². The maximum atomic E-state index is 6.08. The van der Waals surface area contributed by atoms with Crippen LogP contribution in [-0.2, 0) is 6.42 Å². The minimum Gasteiger partial charge on any atom is -0.496 e. The van der Waals surface area contributed by atoms with Crippen molar-refractivity contribution in [3.63, 3.8) is 0 Å². The van der Waals surface area contributed by atoms with Gasteiger partial charge in [-0.2, -0.15) is 0 Å². The van der Waals surface area contributed by atoms with E-state index in [0.717, 1.165) is 28.8 Å².